The summed E-state index contributed by atoms with van der Waals surface area (Å²) in [7, 11) is 0. The molecule has 3 heterocycles. The minimum atomic E-state index is -0.193. The van der Waals surface area contributed by atoms with Crippen molar-refractivity contribution in [3.8, 4) is 28.6 Å². The van der Waals surface area contributed by atoms with Crippen LogP contribution < -0.4 is 15.6 Å². The van der Waals surface area contributed by atoms with Gasteiger partial charge in [0.15, 0.2) is 0 Å². The van der Waals surface area contributed by atoms with Crippen LogP contribution in [0.15, 0.2) is 39.6 Å². The van der Waals surface area contributed by atoms with Crippen LogP contribution in [0.4, 0.5) is 0 Å². The van der Waals surface area contributed by atoms with Crippen LogP contribution in [-0.4, -0.2) is 27.8 Å². The molecule has 1 aromatic carbocycles. The van der Waals surface area contributed by atoms with E-state index < -0.39 is 0 Å². The molecule has 2 aromatic heterocycles. The first-order valence-corrected chi connectivity index (χ1v) is 9.75. The molecule has 0 fully saturated rings. The number of hydrogen-bond acceptors (Lipinski definition) is 6. The van der Waals surface area contributed by atoms with Crippen molar-refractivity contribution in [2.75, 3.05) is 6.54 Å². The summed E-state index contributed by atoms with van der Waals surface area (Å²) >= 11 is 0. The molecule has 7 heteroatoms. The van der Waals surface area contributed by atoms with E-state index in [1.165, 1.54) is 0 Å². The van der Waals surface area contributed by atoms with E-state index in [1.54, 1.807) is 0 Å². The van der Waals surface area contributed by atoms with Crippen molar-refractivity contribution in [2.45, 2.75) is 45.8 Å². The summed E-state index contributed by atoms with van der Waals surface area (Å²) < 4.78 is 11.3. The number of hydrogen-bond donors (Lipinski definition) is 2. The molecule has 7 nitrogen and oxygen atoms in total. The molecule has 0 saturated heterocycles. The van der Waals surface area contributed by atoms with Gasteiger partial charge in [0.05, 0.1) is 11.7 Å². The van der Waals surface area contributed by atoms with Gasteiger partial charge in [-0.2, -0.15) is 4.98 Å². The zero-order valence-electron chi connectivity index (χ0n) is 16.1. The van der Waals surface area contributed by atoms with E-state index in [1.807, 2.05) is 30.3 Å². The van der Waals surface area contributed by atoms with Crippen molar-refractivity contribution in [3.63, 3.8) is 0 Å². The van der Waals surface area contributed by atoms with Crippen LogP contribution in [0.5, 0.6) is 5.75 Å². The van der Waals surface area contributed by atoms with Crippen LogP contribution in [0.3, 0.4) is 0 Å². The topological polar surface area (TPSA) is 93.0 Å². The number of benzene rings is 1. The quantitative estimate of drug-likeness (QED) is 0.682. The SMILES string of the molecule is CCC(CC)Oc1ccc(-c2nc(-c3cc4c([nH]c3=O)CCNC4)no2)cc1. The molecule has 3 aromatic rings. The van der Waals surface area contributed by atoms with Gasteiger partial charge < -0.3 is 19.6 Å². The van der Waals surface area contributed by atoms with Crippen LogP contribution in [0, 0.1) is 0 Å². The predicted octanol–water partition coefficient (Wildman–Crippen LogP) is 3.31. The van der Waals surface area contributed by atoms with E-state index in [2.05, 4.69) is 34.3 Å². The Labute approximate surface area is 163 Å². The smallest absolute Gasteiger partial charge is 0.259 e. The predicted molar refractivity (Wildman–Crippen MR) is 106 cm³/mol. The number of pyridine rings is 1. The lowest BCUT2D eigenvalue weighted by molar-refractivity contribution is 0.193. The molecule has 0 bridgehead atoms. The van der Waals surface area contributed by atoms with Crippen LogP contribution >= 0.6 is 0 Å². The lowest BCUT2D eigenvalue weighted by atomic mass is 10.0. The largest absolute Gasteiger partial charge is 0.490 e. The number of fused-ring (bicyclic) bond motifs is 1. The lowest BCUT2D eigenvalue weighted by Crippen LogP contribution is -2.27. The second-order valence-corrected chi connectivity index (χ2v) is 6.95. The fraction of sp³-hybridized carbons (Fsp3) is 0.381. The Morgan fingerprint density at radius 2 is 2.00 bits per heavy atom. The van der Waals surface area contributed by atoms with Crippen LogP contribution in [0.2, 0.25) is 0 Å². The van der Waals surface area contributed by atoms with Crippen molar-refractivity contribution < 1.29 is 9.26 Å². The molecule has 1 aliphatic rings. The highest BCUT2D eigenvalue weighted by Gasteiger charge is 2.18. The normalized spacial score (nSPS) is 13.5. The third kappa shape index (κ3) is 3.71. The third-order valence-electron chi connectivity index (χ3n) is 5.06. The van der Waals surface area contributed by atoms with Gasteiger partial charge in [-0.05, 0) is 48.7 Å². The first-order valence-electron chi connectivity index (χ1n) is 9.75. The monoisotopic (exact) mass is 380 g/mol. The fourth-order valence-electron chi connectivity index (χ4n) is 3.37. The summed E-state index contributed by atoms with van der Waals surface area (Å²) in [5, 5.41) is 7.31. The highest BCUT2D eigenvalue weighted by molar-refractivity contribution is 5.60. The average Bonchev–Trinajstić information content (AvgIpc) is 3.22. The first-order chi connectivity index (χ1) is 13.7. The Kier molecular flexibility index (Phi) is 5.25. The van der Waals surface area contributed by atoms with E-state index in [9.17, 15) is 4.79 Å². The molecule has 4 rings (SSSR count). The number of rotatable bonds is 6. The molecule has 0 spiro atoms. The number of nitrogens with one attached hydrogen (secondary N) is 2. The Balaban J connectivity index is 1.57. The van der Waals surface area contributed by atoms with Crippen LogP contribution in [-0.2, 0) is 13.0 Å². The van der Waals surface area contributed by atoms with Crippen molar-refractivity contribution in [2.24, 2.45) is 0 Å². The van der Waals surface area contributed by atoms with Gasteiger partial charge >= 0.3 is 0 Å². The van der Waals surface area contributed by atoms with Gasteiger partial charge in [0.1, 0.15) is 5.75 Å². The van der Waals surface area contributed by atoms with Gasteiger partial charge in [-0.25, -0.2) is 0 Å². The maximum absolute atomic E-state index is 12.4. The molecule has 0 unspecified atom stereocenters. The minimum absolute atomic E-state index is 0.193. The van der Waals surface area contributed by atoms with Gasteiger partial charge in [-0.15, -0.1) is 0 Å². The van der Waals surface area contributed by atoms with Gasteiger partial charge in [-0.1, -0.05) is 19.0 Å². The highest BCUT2D eigenvalue weighted by Crippen LogP contribution is 2.25. The van der Waals surface area contributed by atoms with E-state index in [4.69, 9.17) is 9.26 Å². The standard InChI is InChI=1S/C21H24N4O3/c1-3-15(4-2)27-16-7-5-13(6-8-16)21-24-19(25-28-21)17-11-14-12-22-10-9-18(14)23-20(17)26/h5-8,11,15,22H,3-4,9-10,12H2,1-2H3,(H,23,26). The molecule has 0 amide bonds. The molecular weight excluding hydrogens is 356 g/mol. The summed E-state index contributed by atoms with van der Waals surface area (Å²) in [4.78, 5) is 19.8. The van der Waals surface area contributed by atoms with Crippen LogP contribution in [0.25, 0.3) is 22.8 Å². The van der Waals surface area contributed by atoms with Crippen molar-refractivity contribution in [3.05, 3.63) is 51.9 Å². The molecule has 146 valence electrons. The van der Waals surface area contributed by atoms with Gasteiger partial charge in [-0.3, -0.25) is 4.79 Å². The summed E-state index contributed by atoms with van der Waals surface area (Å²) in [6.45, 7) is 5.81. The summed E-state index contributed by atoms with van der Waals surface area (Å²) in [6, 6.07) is 9.41. The highest BCUT2D eigenvalue weighted by atomic mass is 16.5. The zero-order chi connectivity index (χ0) is 19.5. The van der Waals surface area contributed by atoms with Gasteiger partial charge in [0.2, 0.25) is 5.82 Å². The molecule has 28 heavy (non-hydrogen) atoms. The molecule has 0 atom stereocenters. The van der Waals surface area contributed by atoms with Gasteiger partial charge in [0.25, 0.3) is 11.4 Å². The van der Waals surface area contributed by atoms with E-state index in [-0.39, 0.29) is 11.7 Å². The second-order valence-electron chi connectivity index (χ2n) is 6.95. The summed E-state index contributed by atoms with van der Waals surface area (Å²) in [5.74, 6) is 1.48. The van der Waals surface area contributed by atoms with E-state index in [0.717, 1.165) is 54.9 Å². The molecule has 1 aliphatic heterocycles. The third-order valence-corrected chi connectivity index (χ3v) is 5.06. The van der Waals surface area contributed by atoms with Crippen molar-refractivity contribution in [1.29, 1.82) is 0 Å². The number of nitrogens with zero attached hydrogens (tertiary/aromatic N) is 2. The van der Waals surface area contributed by atoms with Crippen LogP contribution in [0.1, 0.15) is 37.9 Å². The Hall–Kier alpha value is -2.93. The fourth-order valence-corrected chi connectivity index (χ4v) is 3.37. The maximum Gasteiger partial charge on any atom is 0.259 e. The maximum atomic E-state index is 12.4. The number of aromatic amines is 1. The Morgan fingerprint density at radius 3 is 2.75 bits per heavy atom. The summed E-state index contributed by atoms with van der Waals surface area (Å²) in [6.07, 6.45) is 2.96. The van der Waals surface area contributed by atoms with Crippen molar-refractivity contribution in [1.82, 2.24) is 20.4 Å². The van der Waals surface area contributed by atoms with E-state index in [0.29, 0.717) is 17.3 Å². The molecular formula is C21H24N4O3. The molecule has 0 saturated carbocycles. The first kappa shape index (κ1) is 18.4. The Morgan fingerprint density at radius 1 is 1.21 bits per heavy atom. The average molecular weight is 380 g/mol. The van der Waals surface area contributed by atoms with Gasteiger partial charge in [0, 0.05) is 30.8 Å². The second kappa shape index (κ2) is 7.98. The number of aromatic nitrogens is 3. The van der Waals surface area contributed by atoms with E-state index >= 15 is 0 Å². The molecule has 0 radical (unpaired) electrons. The molecule has 2 N–H and O–H groups in total. The minimum Gasteiger partial charge on any atom is -0.490 e. The number of H-pyrrole nitrogens is 1. The van der Waals surface area contributed by atoms with Crippen molar-refractivity contribution >= 4 is 0 Å². The molecule has 0 aliphatic carbocycles. The lowest BCUT2D eigenvalue weighted by Gasteiger charge is -2.16. The zero-order valence-corrected chi connectivity index (χ0v) is 16.1. The number of ether oxygens (including phenoxy) is 1. The summed E-state index contributed by atoms with van der Waals surface area (Å²) in [5.41, 5.74) is 3.05. The Bertz CT molecular complexity index is 1000.